The van der Waals surface area contributed by atoms with Crippen molar-refractivity contribution in [3.63, 3.8) is 0 Å². The molecule has 7 heteroatoms. The second-order valence-corrected chi connectivity index (χ2v) is 7.42. The summed E-state index contributed by atoms with van der Waals surface area (Å²) in [6.45, 7) is 9.14. The first-order valence-electron chi connectivity index (χ1n) is 11.6. The normalized spacial score (nSPS) is 13.8. The van der Waals surface area contributed by atoms with Gasteiger partial charge < -0.3 is 15.2 Å². The number of piperidine rings is 1. The van der Waals surface area contributed by atoms with E-state index in [0.717, 1.165) is 54.8 Å². The Morgan fingerprint density at radius 3 is 2.74 bits per heavy atom. The zero-order chi connectivity index (χ0) is 21.9. The highest BCUT2D eigenvalue weighted by Gasteiger charge is 2.14. The third-order valence-corrected chi connectivity index (χ3v) is 5.21. The van der Waals surface area contributed by atoms with Crippen molar-refractivity contribution in [3.8, 4) is 0 Å². The minimum atomic E-state index is 0.659. The Balaban J connectivity index is 0.00000132. The molecule has 0 spiro atoms. The average Bonchev–Trinajstić information content (AvgIpc) is 3.24. The lowest BCUT2D eigenvalue weighted by Gasteiger charge is -2.28. The molecule has 1 aliphatic rings. The number of nitrogens with zero attached hydrogens (tertiary/aromatic N) is 4. The van der Waals surface area contributed by atoms with Gasteiger partial charge in [-0.15, -0.1) is 0 Å². The van der Waals surface area contributed by atoms with Gasteiger partial charge in [-0.2, -0.15) is 15.1 Å². The number of benzene rings is 1. The lowest BCUT2D eigenvalue weighted by molar-refractivity contribution is 0.573. The summed E-state index contributed by atoms with van der Waals surface area (Å²) in [4.78, 5) is 14.9. The summed E-state index contributed by atoms with van der Waals surface area (Å²) in [6.07, 6.45) is 9.74. The van der Waals surface area contributed by atoms with Gasteiger partial charge in [-0.3, -0.25) is 5.43 Å². The first-order valence-corrected chi connectivity index (χ1v) is 11.6. The lowest BCUT2D eigenvalue weighted by Crippen LogP contribution is -2.30. The van der Waals surface area contributed by atoms with Crippen LogP contribution in [-0.4, -0.2) is 40.8 Å². The molecule has 31 heavy (non-hydrogen) atoms. The van der Waals surface area contributed by atoms with Crippen molar-refractivity contribution >= 4 is 34.7 Å². The van der Waals surface area contributed by atoms with E-state index in [9.17, 15) is 0 Å². The minimum Gasteiger partial charge on any atom is -0.361 e. The van der Waals surface area contributed by atoms with E-state index in [1.165, 1.54) is 19.3 Å². The van der Waals surface area contributed by atoms with Crippen LogP contribution in [0.2, 0.25) is 0 Å². The Morgan fingerprint density at radius 1 is 1.13 bits per heavy atom. The molecule has 0 amide bonds. The Labute approximate surface area is 185 Å². The largest absolute Gasteiger partial charge is 0.361 e. The summed E-state index contributed by atoms with van der Waals surface area (Å²) in [7, 11) is 0. The van der Waals surface area contributed by atoms with E-state index in [1.807, 2.05) is 44.5 Å². The summed E-state index contributed by atoms with van der Waals surface area (Å²) >= 11 is 0. The molecule has 0 unspecified atom stereocenters. The van der Waals surface area contributed by atoms with Gasteiger partial charge in [-0.25, -0.2) is 0 Å². The summed E-state index contributed by atoms with van der Waals surface area (Å²) < 4.78 is 0. The van der Waals surface area contributed by atoms with Crippen molar-refractivity contribution in [3.05, 3.63) is 42.1 Å². The zero-order valence-corrected chi connectivity index (χ0v) is 19.0. The molecule has 1 aromatic carbocycles. The van der Waals surface area contributed by atoms with Gasteiger partial charge in [0.05, 0.1) is 6.21 Å². The maximum atomic E-state index is 4.73. The van der Waals surface area contributed by atoms with Crippen molar-refractivity contribution in [2.24, 2.45) is 5.10 Å². The fraction of sp³-hybridized carbons (Fsp3) is 0.458. The summed E-state index contributed by atoms with van der Waals surface area (Å²) in [6, 6.07) is 10.2. The van der Waals surface area contributed by atoms with Gasteiger partial charge in [0.15, 0.2) is 5.82 Å². The molecule has 0 aliphatic carbocycles. The van der Waals surface area contributed by atoms with Crippen LogP contribution < -0.4 is 15.6 Å². The van der Waals surface area contributed by atoms with Crippen LogP contribution in [-0.2, 0) is 0 Å². The number of hydrogen-bond acceptors (Lipinski definition) is 6. The van der Waals surface area contributed by atoms with Gasteiger partial charge in [0.25, 0.3) is 0 Å². The molecule has 3 N–H and O–H groups in total. The van der Waals surface area contributed by atoms with Gasteiger partial charge in [0.2, 0.25) is 5.95 Å². The van der Waals surface area contributed by atoms with E-state index in [1.54, 1.807) is 0 Å². The highest BCUT2D eigenvalue weighted by molar-refractivity contribution is 5.99. The third kappa shape index (κ3) is 6.20. The molecule has 0 radical (unpaired) electrons. The standard InChI is InChI=1S/C22H29N7.C2H6/c1-2-3-11-23-22-26-20(14-21(27-22)29-12-7-4-8-13-29)28-25-16-17-15-24-19-10-6-5-9-18(17)19;1-2/h5-6,9-10,14-16,24H,2-4,7-8,11-13H2,1H3,(H2,23,26,27,28);1-2H3/b25-16+;. The van der Waals surface area contributed by atoms with Crippen LogP contribution in [0.3, 0.4) is 0 Å². The van der Waals surface area contributed by atoms with Gasteiger partial charge in [-0.1, -0.05) is 45.4 Å². The number of H-pyrrole nitrogens is 1. The van der Waals surface area contributed by atoms with Crippen molar-refractivity contribution < 1.29 is 0 Å². The molecule has 3 aromatic rings. The number of anilines is 3. The van der Waals surface area contributed by atoms with Gasteiger partial charge >= 0.3 is 0 Å². The van der Waals surface area contributed by atoms with E-state index in [2.05, 4.69) is 49.8 Å². The maximum Gasteiger partial charge on any atom is 0.226 e. The van der Waals surface area contributed by atoms with E-state index < -0.39 is 0 Å². The molecule has 166 valence electrons. The number of rotatable bonds is 8. The van der Waals surface area contributed by atoms with Gasteiger partial charge in [-0.05, 0) is 31.7 Å². The molecular weight excluding hydrogens is 386 g/mol. The fourth-order valence-electron chi connectivity index (χ4n) is 3.60. The highest BCUT2D eigenvalue weighted by Crippen LogP contribution is 2.22. The van der Waals surface area contributed by atoms with Crippen molar-refractivity contribution in [2.75, 3.05) is 35.3 Å². The summed E-state index contributed by atoms with van der Waals surface area (Å²) in [5, 5.41) is 8.92. The predicted molar refractivity (Wildman–Crippen MR) is 132 cm³/mol. The summed E-state index contributed by atoms with van der Waals surface area (Å²) in [5.41, 5.74) is 5.24. The van der Waals surface area contributed by atoms with Crippen LogP contribution in [0.5, 0.6) is 0 Å². The number of unbranched alkanes of at least 4 members (excludes halogenated alkanes) is 1. The Bertz CT molecular complexity index is 957. The second-order valence-electron chi connectivity index (χ2n) is 7.42. The first kappa shape index (κ1) is 22.6. The smallest absolute Gasteiger partial charge is 0.226 e. The lowest BCUT2D eigenvalue weighted by atomic mass is 10.1. The molecule has 0 bridgehead atoms. The van der Waals surface area contributed by atoms with Crippen molar-refractivity contribution in [1.82, 2.24) is 15.0 Å². The third-order valence-electron chi connectivity index (χ3n) is 5.21. The minimum absolute atomic E-state index is 0.659. The second kappa shape index (κ2) is 11.9. The van der Waals surface area contributed by atoms with Crippen LogP contribution in [0, 0.1) is 0 Å². The molecular formula is C24H35N7. The number of para-hydroxylation sites is 1. The molecule has 4 rings (SSSR count). The number of aromatic nitrogens is 3. The number of fused-ring (bicyclic) bond motifs is 1. The van der Waals surface area contributed by atoms with Crippen LogP contribution in [0.15, 0.2) is 41.6 Å². The van der Waals surface area contributed by atoms with E-state index in [0.29, 0.717) is 11.8 Å². The average molecular weight is 422 g/mol. The Morgan fingerprint density at radius 2 is 1.94 bits per heavy atom. The van der Waals surface area contributed by atoms with E-state index >= 15 is 0 Å². The Kier molecular flexibility index (Phi) is 8.70. The van der Waals surface area contributed by atoms with Crippen molar-refractivity contribution in [1.29, 1.82) is 0 Å². The van der Waals surface area contributed by atoms with E-state index in [4.69, 9.17) is 4.98 Å². The monoisotopic (exact) mass is 421 g/mol. The molecule has 0 atom stereocenters. The maximum absolute atomic E-state index is 4.73. The topological polar surface area (TPSA) is 81.2 Å². The van der Waals surface area contributed by atoms with Crippen LogP contribution in [0.25, 0.3) is 10.9 Å². The highest BCUT2D eigenvalue weighted by atomic mass is 15.3. The van der Waals surface area contributed by atoms with Crippen LogP contribution in [0.1, 0.15) is 58.4 Å². The summed E-state index contributed by atoms with van der Waals surface area (Å²) in [5.74, 6) is 2.32. The fourth-order valence-corrected chi connectivity index (χ4v) is 3.60. The quantitative estimate of drug-likeness (QED) is 0.249. The zero-order valence-electron chi connectivity index (χ0n) is 19.0. The molecule has 1 fully saturated rings. The van der Waals surface area contributed by atoms with Gasteiger partial charge in [0.1, 0.15) is 5.82 Å². The number of nitrogens with one attached hydrogen (secondary N) is 3. The van der Waals surface area contributed by atoms with E-state index in [-0.39, 0.29) is 0 Å². The number of aromatic amines is 1. The molecule has 0 saturated carbocycles. The Hall–Kier alpha value is -3.09. The molecule has 3 heterocycles. The predicted octanol–water partition coefficient (Wildman–Crippen LogP) is 5.63. The van der Waals surface area contributed by atoms with Crippen molar-refractivity contribution in [2.45, 2.75) is 52.9 Å². The molecule has 2 aromatic heterocycles. The molecule has 1 aliphatic heterocycles. The molecule has 1 saturated heterocycles. The van der Waals surface area contributed by atoms with Gasteiger partial charge in [0, 0.05) is 48.4 Å². The van der Waals surface area contributed by atoms with Crippen LogP contribution >= 0.6 is 0 Å². The number of hydrazone groups is 1. The first-order chi connectivity index (χ1) is 15.3. The van der Waals surface area contributed by atoms with Crippen LogP contribution in [0.4, 0.5) is 17.6 Å². The molecule has 7 nitrogen and oxygen atoms in total. The number of hydrogen-bond donors (Lipinski definition) is 3. The SMILES string of the molecule is CC.CCCCNc1nc(N/N=C/c2c[nH]c3ccccc23)cc(N2CCCCC2)n1.